The summed E-state index contributed by atoms with van der Waals surface area (Å²) in [5, 5.41) is 15.4. The van der Waals surface area contributed by atoms with Crippen LogP contribution in [0.1, 0.15) is 23.2 Å². The third-order valence-electron chi connectivity index (χ3n) is 5.33. The number of anilines is 1. The minimum Gasteiger partial charge on any atom is -0.492 e. The highest BCUT2D eigenvalue weighted by molar-refractivity contribution is 7.97. The summed E-state index contributed by atoms with van der Waals surface area (Å²) < 4.78 is 34.5. The van der Waals surface area contributed by atoms with Crippen LogP contribution in [0.5, 0.6) is 5.75 Å². The second-order valence-corrected chi connectivity index (χ2v) is 7.82. The van der Waals surface area contributed by atoms with Crippen LogP contribution in [-0.2, 0) is 18.8 Å². The van der Waals surface area contributed by atoms with E-state index in [9.17, 15) is 13.9 Å². The lowest BCUT2D eigenvalue weighted by molar-refractivity contribution is -0.00596. The maximum atomic E-state index is 14.4. The van der Waals surface area contributed by atoms with Gasteiger partial charge in [0.05, 0.1) is 23.3 Å². The summed E-state index contributed by atoms with van der Waals surface area (Å²) >= 11 is 1.08. The summed E-state index contributed by atoms with van der Waals surface area (Å²) in [4.78, 5) is 11.3. The number of aromatic nitrogens is 2. The average Bonchev–Trinajstić information content (AvgIpc) is 3.22. The molecule has 9 heteroatoms. The molecule has 2 aromatic rings. The first kappa shape index (κ1) is 17.2. The van der Waals surface area contributed by atoms with E-state index in [2.05, 4.69) is 9.97 Å². The van der Waals surface area contributed by atoms with E-state index in [1.165, 1.54) is 0 Å². The zero-order chi connectivity index (χ0) is 18.8. The van der Waals surface area contributed by atoms with Gasteiger partial charge in [0.15, 0.2) is 0 Å². The normalized spacial score (nSPS) is 20.2. The van der Waals surface area contributed by atoms with E-state index in [1.807, 2.05) is 12.1 Å². The van der Waals surface area contributed by atoms with E-state index in [1.54, 1.807) is 4.90 Å². The molecule has 142 valence electrons. The molecule has 1 aromatic heterocycles. The van der Waals surface area contributed by atoms with Gasteiger partial charge in [-0.1, -0.05) is 0 Å². The highest BCUT2D eigenvalue weighted by atomic mass is 32.2. The van der Waals surface area contributed by atoms with E-state index >= 15 is 0 Å². The fourth-order valence-electron chi connectivity index (χ4n) is 3.91. The molecule has 0 amide bonds. The molecule has 5 rings (SSSR count). The van der Waals surface area contributed by atoms with Gasteiger partial charge in [-0.25, -0.2) is 9.97 Å². The lowest BCUT2D eigenvalue weighted by Gasteiger charge is -2.36. The molecule has 1 aromatic carbocycles. The first-order valence-corrected chi connectivity index (χ1v) is 9.73. The lowest BCUT2D eigenvalue weighted by Crippen LogP contribution is -2.51. The van der Waals surface area contributed by atoms with Gasteiger partial charge in [0, 0.05) is 37.1 Å². The molecule has 1 saturated heterocycles. The van der Waals surface area contributed by atoms with Crippen molar-refractivity contribution in [2.75, 3.05) is 24.6 Å². The van der Waals surface area contributed by atoms with Crippen LogP contribution in [0.2, 0.25) is 0 Å². The zero-order valence-electron chi connectivity index (χ0n) is 14.4. The van der Waals surface area contributed by atoms with Gasteiger partial charge in [-0.3, -0.25) is 5.14 Å². The number of hydrogen-bond acceptors (Lipinski definition) is 7. The van der Waals surface area contributed by atoms with Crippen LogP contribution in [0.3, 0.4) is 0 Å². The monoisotopic (exact) mass is 392 g/mol. The van der Waals surface area contributed by atoms with Crippen LogP contribution in [-0.4, -0.2) is 40.9 Å². The molecule has 0 spiro atoms. The number of aliphatic hydroxyl groups is 1. The van der Waals surface area contributed by atoms with Crippen molar-refractivity contribution in [1.29, 1.82) is 0 Å². The standard InChI is InChI=1S/C18H18F2N4O2S/c19-18(20)3-1-12-14(22-17(23-16(12)18)24-7-11(25)8-24)10-5-9-2-4-26-15(9)13(6-10)27-21/h5-6,11,25H,1-4,7-8,21H2. The number of β-amino-alcohol motifs (C(OH)–C–C–N with tert-alkyl or cyclic N) is 1. The topological polar surface area (TPSA) is 84.5 Å². The maximum absolute atomic E-state index is 14.4. The summed E-state index contributed by atoms with van der Waals surface area (Å²) in [5.74, 6) is -1.95. The van der Waals surface area contributed by atoms with E-state index in [-0.39, 0.29) is 24.5 Å². The van der Waals surface area contributed by atoms with E-state index < -0.39 is 12.0 Å². The first-order chi connectivity index (χ1) is 13.0. The van der Waals surface area contributed by atoms with E-state index in [0.717, 1.165) is 40.1 Å². The molecule has 3 heterocycles. The van der Waals surface area contributed by atoms with Crippen LogP contribution in [0.25, 0.3) is 11.3 Å². The van der Waals surface area contributed by atoms with Gasteiger partial charge < -0.3 is 14.7 Å². The largest absolute Gasteiger partial charge is 0.492 e. The van der Waals surface area contributed by atoms with Gasteiger partial charge in [0.25, 0.3) is 5.92 Å². The number of alkyl halides is 2. The second kappa shape index (κ2) is 6.02. The molecule has 2 aliphatic heterocycles. The highest BCUT2D eigenvalue weighted by Gasteiger charge is 2.44. The molecule has 3 aliphatic rings. The molecule has 27 heavy (non-hydrogen) atoms. The Morgan fingerprint density at radius 2 is 2.07 bits per heavy atom. The lowest BCUT2D eigenvalue weighted by atomic mass is 10.0. The predicted octanol–water partition coefficient (Wildman–Crippen LogP) is 2.26. The summed E-state index contributed by atoms with van der Waals surface area (Å²) in [6.07, 6.45) is 0.260. The number of halogens is 2. The Balaban J connectivity index is 1.68. The minimum atomic E-state index is -2.96. The van der Waals surface area contributed by atoms with Crippen molar-refractivity contribution in [3.05, 3.63) is 29.0 Å². The summed E-state index contributed by atoms with van der Waals surface area (Å²) in [5.41, 5.74) is 2.60. The predicted molar refractivity (Wildman–Crippen MR) is 97.1 cm³/mol. The fourth-order valence-corrected chi connectivity index (χ4v) is 4.40. The Kier molecular flexibility index (Phi) is 3.82. The molecule has 6 nitrogen and oxygen atoms in total. The quantitative estimate of drug-likeness (QED) is 0.775. The van der Waals surface area contributed by atoms with Gasteiger partial charge in [-0.15, -0.1) is 0 Å². The van der Waals surface area contributed by atoms with Crippen molar-refractivity contribution in [3.8, 4) is 17.0 Å². The molecular formula is C18H18F2N4O2S. The van der Waals surface area contributed by atoms with Gasteiger partial charge in [-0.2, -0.15) is 8.78 Å². The average molecular weight is 392 g/mol. The number of fused-ring (bicyclic) bond motifs is 2. The summed E-state index contributed by atoms with van der Waals surface area (Å²) in [6.45, 7) is 1.29. The Hall–Kier alpha value is -1.97. The molecule has 0 atom stereocenters. The number of ether oxygens (including phenoxy) is 1. The third kappa shape index (κ3) is 2.67. The minimum absolute atomic E-state index is 0.192. The van der Waals surface area contributed by atoms with Crippen LogP contribution in [0, 0.1) is 0 Å². The first-order valence-electron chi connectivity index (χ1n) is 8.85. The molecule has 0 unspecified atom stereocenters. The zero-order valence-corrected chi connectivity index (χ0v) is 15.2. The highest BCUT2D eigenvalue weighted by Crippen LogP contribution is 2.46. The van der Waals surface area contributed by atoms with Gasteiger partial charge in [0.2, 0.25) is 5.95 Å². The van der Waals surface area contributed by atoms with Crippen molar-refractivity contribution in [2.45, 2.75) is 36.2 Å². The number of nitrogens with two attached hydrogens (primary N) is 1. The molecule has 1 aliphatic carbocycles. The maximum Gasteiger partial charge on any atom is 0.290 e. The van der Waals surface area contributed by atoms with Crippen LogP contribution >= 0.6 is 11.9 Å². The van der Waals surface area contributed by atoms with Gasteiger partial charge >= 0.3 is 0 Å². The van der Waals surface area contributed by atoms with Gasteiger partial charge in [-0.05, 0) is 36.1 Å². The molecule has 0 saturated carbocycles. The Morgan fingerprint density at radius 3 is 2.81 bits per heavy atom. The van der Waals surface area contributed by atoms with E-state index in [4.69, 9.17) is 9.88 Å². The van der Waals surface area contributed by atoms with Crippen LogP contribution in [0.15, 0.2) is 17.0 Å². The smallest absolute Gasteiger partial charge is 0.290 e. The van der Waals surface area contributed by atoms with Crippen molar-refractivity contribution in [3.63, 3.8) is 0 Å². The molecule has 1 fully saturated rings. The summed E-state index contributed by atoms with van der Waals surface area (Å²) in [7, 11) is 0. The van der Waals surface area contributed by atoms with Crippen molar-refractivity contribution in [1.82, 2.24) is 9.97 Å². The Morgan fingerprint density at radius 1 is 1.26 bits per heavy atom. The molecule has 0 bridgehead atoms. The van der Waals surface area contributed by atoms with Crippen molar-refractivity contribution in [2.24, 2.45) is 5.14 Å². The molecule has 3 N–H and O–H groups in total. The van der Waals surface area contributed by atoms with Gasteiger partial charge in [0.1, 0.15) is 11.4 Å². The number of hydrogen-bond donors (Lipinski definition) is 2. The van der Waals surface area contributed by atoms with Crippen molar-refractivity contribution < 1.29 is 18.6 Å². The number of benzene rings is 1. The van der Waals surface area contributed by atoms with Crippen LogP contribution in [0.4, 0.5) is 14.7 Å². The second-order valence-electron chi connectivity index (χ2n) is 7.14. The number of nitrogens with zero attached hydrogens (tertiary/aromatic N) is 3. The summed E-state index contributed by atoms with van der Waals surface area (Å²) in [6, 6.07) is 3.80. The number of rotatable bonds is 3. The Bertz CT molecular complexity index is 934. The van der Waals surface area contributed by atoms with E-state index in [0.29, 0.717) is 31.0 Å². The molecular weight excluding hydrogens is 374 g/mol. The third-order valence-corrected chi connectivity index (χ3v) is 5.88. The Labute approximate surface area is 158 Å². The van der Waals surface area contributed by atoms with Crippen LogP contribution < -0.4 is 14.8 Å². The van der Waals surface area contributed by atoms with Crippen molar-refractivity contribution >= 4 is 17.9 Å². The fraction of sp³-hybridized carbons (Fsp3) is 0.444. The number of aliphatic hydroxyl groups excluding tert-OH is 1. The molecule has 0 radical (unpaired) electrons. The SMILES string of the molecule is NSc1cc(-c2nc(N3CC(O)C3)nc3c2CCC3(F)F)cc2c1OCC2.